The third-order valence-electron chi connectivity index (χ3n) is 4.33. The number of hydrogen-bond donors (Lipinski definition) is 1. The lowest BCUT2D eigenvalue weighted by Gasteiger charge is -2.11. The molecule has 0 aliphatic heterocycles. The molecule has 0 fully saturated rings. The summed E-state index contributed by atoms with van der Waals surface area (Å²) in [7, 11) is -3.61. The third kappa shape index (κ3) is 5.44. The molecule has 142 valence electrons. The first kappa shape index (κ1) is 19.2. The Morgan fingerprint density at radius 1 is 1.04 bits per heavy atom. The summed E-state index contributed by atoms with van der Waals surface area (Å²) < 4.78 is 29.8. The van der Waals surface area contributed by atoms with E-state index in [1.54, 1.807) is 29.1 Å². The van der Waals surface area contributed by atoms with Crippen molar-refractivity contribution in [2.45, 2.75) is 38.1 Å². The van der Waals surface area contributed by atoms with Gasteiger partial charge in [0.25, 0.3) is 10.0 Å². The zero-order chi connectivity index (χ0) is 19.3. The Morgan fingerprint density at radius 3 is 2.48 bits per heavy atom. The van der Waals surface area contributed by atoms with Gasteiger partial charge < -0.3 is 0 Å². The molecule has 27 heavy (non-hydrogen) atoms. The maximum Gasteiger partial charge on any atom is 0.261 e. The Morgan fingerprint density at radius 2 is 1.81 bits per heavy atom. The molecule has 3 rings (SSSR count). The lowest BCUT2D eigenvalue weighted by atomic mass is 10.0. The summed E-state index contributed by atoms with van der Waals surface area (Å²) in [6, 6.07) is 16.4. The van der Waals surface area contributed by atoms with Crippen LogP contribution in [0.5, 0.6) is 0 Å². The Kier molecular flexibility index (Phi) is 5.96. The molecule has 0 bridgehead atoms. The molecule has 0 amide bonds. The second kappa shape index (κ2) is 8.39. The Labute approximate surface area is 161 Å². The minimum absolute atomic E-state index is 0.272. The average Bonchev–Trinajstić information content (AvgIpc) is 3.13. The van der Waals surface area contributed by atoms with Crippen LogP contribution in [0.15, 0.2) is 71.9 Å². The van der Waals surface area contributed by atoms with E-state index >= 15 is 0 Å². The molecule has 0 atom stereocenters. The molecule has 1 heterocycles. The number of nitrogens with zero attached hydrogens (tertiary/aromatic N) is 2. The van der Waals surface area contributed by atoms with Crippen molar-refractivity contribution in [1.82, 2.24) is 9.78 Å². The predicted molar refractivity (Wildman–Crippen MR) is 108 cm³/mol. The van der Waals surface area contributed by atoms with Gasteiger partial charge in [0.1, 0.15) is 0 Å². The lowest BCUT2D eigenvalue weighted by molar-refractivity contribution is 0.586. The van der Waals surface area contributed by atoms with Crippen molar-refractivity contribution in [2.75, 3.05) is 4.72 Å². The van der Waals surface area contributed by atoms with E-state index in [-0.39, 0.29) is 4.90 Å². The molecule has 1 N–H and O–H groups in total. The van der Waals surface area contributed by atoms with Crippen molar-refractivity contribution >= 4 is 15.7 Å². The molecule has 0 aliphatic carbocycles. The van der Waals surface area contributed by atoms with E-state index in [0.29, 0.717) is 18.2 Å². The molecule has 0 aliphatic rings. The van der Waals surface area contributed by atoms with E-state index in [9.17, 15) is 8.42 Å². The summed E-state index contributed by atoms with van der Waals surface area (Å²) in [6.45, 7) is 4.96. The first-order valence-electron chi connectivity index (χ1n) is 9.10. The monoisotopic (exact) mass is 383 g/mol. The Hall–Kier alpha value is -2.60. The Balaban J connectivity index is 1.70. The SMILES string of the molecule is CC(C)CCc1ccc(S(=O)(=O)Nc2cccc(Cn3cccn3)c2)cc1. The zero-order valence-corrected chi connectivity index (χ0v) is 16.5. The van der Waals surface area contributed by atoms with Crippen molar-refractivity contribution in [3.05, 3.63) is 78.1 Å². The molecular weight excluding hydrogens is 358 g/mol. The standard InChI is InChI=1S/C21H25N3O2S/c1-17(2)7-8-18-9-11-21(12-10-18)27(25,26)23-20-6-3-5-19(15-20)16-24-14-4-13-22-24/h3-6,9-15,17,23H,7-8,16H2,1-2H3. The second-order valence-corrected chi connectivity index (χ2v) is 8.77. The maximum atomic E-state index is 12.7. The van der Waals surface area contributed by atoms with E-state index < -0.39 is 10.0 Å². The largest absolute Gasteiger partial charge is 0.280 e. The molecule has 2 aromatic carbocycles. The number of aromatic nitrogens is 2. The highest BCUT2D eigenvalue weighted by Gasteiger charge is 2.14. The third-order valence-corrected chi connectivity index (χ3v) is 5.72. The fourth-order valence-corrected chi connectivity index (χ4v) is 3.87. The number of sulfonamides is 1. The van der Waals surface area contributed by atoms with E-state index in [0.717, 1.165) is 24.0 Å². The van der Waals surface area contributed by atoms with Crippen LogP contribution in [0, 0.1) is 5.92 Å². The molecule has 0 unspecified atom stereocenters. The summed E-state index contributed by atoms with van der Waals surface area (Å²) in [6.07, 6.45) is 5.64. The van der Waals surface area contributed by atoms with Gasteiger partial charge in [-0.3, -0.25) is 9.40 Å². The van der Waals surface area contributed by atoms with Gasteiger partial charge >= 0.3 is 0 Å². The maximum absolute atomic E-state index is 12.7. The molecule has 5 nitrogen and oxygen atoms in total. The normalized spacial score (nSPS) is 11.7. The van der Waals surface area contributed by atoms with Crippen LogP contribution in [-0.2, 0) is 23.0 Å². The van der Waals surface area contributed by atoms with E-state index in [1.807, 2.05) is 42.6 Å². The number of rotatable bonds is 8. The molecule has 3 aromatic rings. The van der Waals surface area contributed by atoms with Crippen LogP contribution < -0.4 is 4.72 Å². The fourth-order valence-electron chi connectivity index (χ4n) is 2.82. The van der Waals surface area contributed by atoms with Gasteiger partial charge in [-0.2, -0.15) is 5.10 Å². The van der Waals surface area contributed by atoms with Crippen molar-refractivity contribution in [1.29, 1.82) is 0 Å². The summed E-state index contributed by atoms with van der Waals surface area (Å²) in [5.74, 6) is 0.629. The van der Waals surface area contributed by atoms with Crippen molar-refractivity contribution in [3.8, 4) is 0 Å². The summed E-state index contributed by atoms with van der Waals surface area (Å²) >= 11 is 0. The highest BCUT2D eigenvalue weighted by Crippen LogP contribution is 2.19. The van der Waals surface area contributed by atoms with E-state index in [1.165, 1.54) is 0 Å². The number of nitrogens with one attached hydrogen (secondary N) is 1. The Bertz CT molecular complexity index is 963. The summed E-state index contributed by atoms with van der Waals surface area (Å²) in [5, 5.41) is 4.18. The molecule has 0 saturated carbocycles. The minimum Gasteiger partial charge on any atom is -0.280 e. The molecule has 0 radical (unpaired) electrons. The average molecular weight is 384 g/mol. The van der Waals surface area contributed by atoms with Crippen LogP contribution in [0.4, 0.5) is 5.69 Å². The van der Waals surface area contributed by atoms with E-state index in [2.05, 4.69) is 23.7 Å². The molecule has 0 spiro atoms. The second-order valence-electron chi connectivity index (χ2n) is 7.09. The number of benzene rings is 2. The fraction of sp³-hybridized carbons (Fsp3) is 0.286. The number of hydrogen-bond acceptors (Lipinski definition) is 3. The molecule has 1 aromatic heterocycles. The number of anilines is 1. The summed E-state index contributed by atoms with van der Waals surface area (Å²) in [5.41, 5.74) is 2.68. The van der Waals surface area contributed by atoms with Crippen molar-refractivity contribution < 1.29 is 8.42 Å². The van der Waals surface area contributed by atoms with Crippen LogP contribution in [0.1, 0.15) is 31.4 Å². The van der Waals surface area contributed by atoms with Crippen LogP contribution in [0.3, 0.4) is 0 Å². The van der Waals surface area contributed by atoms with Gasteiger partial charge in [0.15, 0.2) is 0 Å². The van der Waals surface area contributed by atoms with E-state index in [4.69, 9.17) is 0 Å². The van der Waals surface area contributed by atoms with Crippen LogP contribution in [0.2, 0.25) is 0 Å². The van der Waals surface area contributed by atoms with Gasteiger partial charge in [0, 0.05) is 18.1 Å². The highest BCUT2D eigenvalue weighted by molar-refractivity contribution is 7.92. The van der Waals surface area contributed by atoms with Gasteiger partial charge in [-0.25, -0.2) is 8.42 Å². The predicted octanol–water partition coefficient (Wildman–Crippen LogP) is 4.32. The van der Waals surface area contributed by atoms with Gasteiger partial charge in [0.2, 0.25) is 0 Å². The van der Waals surface area contributed by atoms with Gasteiger partial charge in [0.05, 0.1) is 11.4 Å². The van der Waals surface area contributed by atoms with Gasteiger partial charge in [-0.15, -0.1) is 0 Å². The molecule has 0 saturated heterocycles. The molecule has 6 heteroatoms. The topological polar surface area (TPSA) is 64.0 Å². The van der Waals surface area contributed by atoms with Crippen LogP contribution in [-0.4, -0.2) is 18.2 Å². The quantitative estimate of drug-likeness (QED) is 0.630. The first-order valence-corrected chi connectivity index (χ1v) is 10.6. The van der Waals surface area contributed by atoms with Crippen LogP contribution >= 0.6 is 0 Å². The number of aryl methyl sites for hydroxylation is 1. The highest BCUT2D eigenvalue weighted by atomic mass is 32.2. The lowest BCUT2D eigenvalue weighted by Crippen LogP contribution is -2.13. The smallest absolute Gasteiger partial charge is 0.261 e. The molecular formula is C21H25N3O2S. The zero-order valence-electron chi connectivity index (χ0n) is 15.7. The minimum atomic E-state index is -3.61. The van der Waals surface area contributed by atoms with Crippen molar-refractivity contribution in [2.24, 2.45) is 5.92 Å². The summed E-state index contributed by atoms with van der Waals surface area (Å²) in [4.78, 5) is 0.272. The van der Waals surface area contributed by atoms with Crippen molar-refractivity contribution in [3.63, 3.8) is 0 Å². The first-order chi connectivity index (χ1) is 12.9. The van der Waals surface area contributed by atoms with Gasteiger partial charge in [-0.1, -0.05) is 38.1 Å². The van der Waals surface area contributed by atoms with Crippen LogP contribution in [0.25, 0.3) is 0 Å². The van der Waals surface area contributed by atoms with Gasteiger partial charge in [-0.05, 0) is 60.2 Å².